The molecule has 0 amide bonds. The minimum atomic E-state index is 0. The molecule has 2 unspecified atom stereocenters. The Hall–Kier alpha value is -1.99. The Bertz CT molecular complexity index is 1420. The number of halogens is 1. The average molecular weight is 734 g/mol. The zero-order chi connectivity index (χ0) is 34.5. The molecule has 2 aliphatic carbocycles. The predicted octanol–water partition coefficient (Wildman–Crippen LogP) is 9.84. The van der Waals surface area contributed by atoms with Gasteiger partial charge >= 0.3 is 0 Å². The minimum Gasteiger partial charge on any atom is -0.487 e. The Kier molecular flexibility index (Phi) is 13.0. The molecule has 2 aromatic carbocycles. The fraction of sp³-hybridized carbons (Fsp3) is 0.733. The Morgan fingerprint density at radius 2 is 1.10 bits per heavy atom. The Balaban J connectivity index is 0.000000139. The summed E-state index contributed by atoms with van der Waals surface area (Å²) < 4.78 is 13.0. The Labute approximate surface area is 321 Å². The van der Waals surface area contributed by atoms with Gasteiger partial charge in [-0.15, -0.1) is 0 Å². The van der Waals surface area contributed by atoms with E-state index in [2.05, 4.69) is 44.3 Å². The molecule has 10 rings (SSSR count). The molecule has 6 aliphatic heterocycles. The van der Waals surface area contributed by atoms with Crippen LogP contribution in [0.3, 0.4) is 0 Å². The number of rotatable bonds is 3. The predicted molar refractivity (Wildman–Crippen MR) is 218 cm³/mol. The Morgan fingerprint density at radius 3 is 1.60 bits per heavy atom. The molecule has 0 radical (unpaired) electrons. The van der Waals surface area contributed by atoms with Gasteiger partial charge in [0.05, 0.1) is 0 Å². The van der Waals surface area contributed by atoms with Gasteiger partial charge in [0.1, 0.15) is 22.7 Å². The minimum absolute atomic E-state index is 0. The SMILES string of the molecule is C.C1CCNCC1.Clc1ccc2c(c1)OC1(CCCN(C3CCC3)CC1)C2.c1cc2c(cc1N1CCCCC1)OC1(CCCN(C3CCC3)CC1)C2. The fourth-order valence-electron chi connectivity index (χ4n) is 10.1. The molecule has 2 spiro atoms. The first kappa shape index (κ1) is 38.3. The van der Waals surface area contributed by atoms with Crippen LogP contribution in [0.2, 0.25) is 5.02 Å². The highest BCUT2D eigenvalue weighted by molar-refractivity contribution is 6.30. The summed E-state index contributed by atoms with van der Waals surface area (Å²) in [4.78, 5) is 8.00. The number of hydrogen-bond acceptors (Lipinski definition) is 6. The van der Waals surface area contributed by atoms with E-state index in [1.807, 2.05) is 12.1 Å². The summed E-state index contributed by atoms with van der Waals surface area (Å²) >= 11 is 6.09. The van der Waals surface area contributed by atoms with Gasteiger partial charge in [0.15, 0.2) is 0 Å². The van der Waals surface area contributed by atoms with Crippen molar-refractivity contribution in [3.05, 3.63) is 52.5 Å². The van der Waals surface area contributed by atoms with Crippen LogP contribution in [0.4, 0.5) is 5.69 Å². The van der Waals surface area contributed by atoms with Crippen molar-refractivity contribution in [1.82, 2.24) is 15.1 Å². The lowest BCUT2D eigenvalue weighted by Gasteiger charge is -2.37. The van der Waals surface area contributed by atoms with E-state index < -0.39 is 0 Å². The second-order valence-electron chi connectivity index (χ2n) is 17.3. The van der Waals surface area contributed by atoms with E-state index in [9.17, 15) is 0 Å². The molecule has 6 fully saturated rings. The molecule has 52 heavy (non-hydrogen) atoms. The second kappa shape index (κ2) is 17.6. The normalized spacial score (nSPS) is 29.3. The van der Waals surface area contributed by atoms with Gasteiger partial charge in [-0.1, -0.05) is 50.4 Å². The number of fused-ring (bicyclic) bond motifs is 2. The van der Waals surface area contributed by atoms with Crippen LogP contribution in [0.5, 0.6) is 11.5 Å². The van der Waals surface area contributed by atoms with E-state index in [-0.39, 0.29) is 18.6 Å². The molecule has 6 nitrogen and oxygen atoms in total. The fourth-order valence-corrected chi connectivity index (χ4v) is 10.3. The molecule has 1 N–H and O–H groups in total. The number of anilines is 1. The summed E-state index contributed by atoms with van der Waals surface area (Å²) in [5, 5.41) is 4.07. The van der Waals surface area contributed by atoms with Crippen LogP contribution in [0.15, 0.2) is 36.4 Å². The van der Waals surface area contributed by atoms with Gasteiger partial charge in [-0.05, 0) is 139 Å². The first-order valence-corrected chi connectivity index (χ1v) is 21.7. The maximum absolute atomic E-state index is 6.67. The first-order chi connectivity index (χ1) is 25.1. The zero-order valence-electron chi connectivity index (χ0n) is 31.5. The van der Waals surface area contributed by atoms with E-state index in [1.54, 1.807) is 0 Å². The zero-order valence-corrected chi connectivity index (χ0v) is 32.2. The van der Waals surface area contributed by atoms with Gasteiger partial charge in [-0.2, -0.15) is 0 Å². The molecule has 0 bridgehead atoms. The molecule has 8 aliphatic rings. The lowest BCUT2D eigenvalue weighted by Crippen LogP contribution is -2.42. The third kappa shape index (κ3) is 9.09. The van der Waals surface area contributed by atoms with Crippen LogP contribution in [-0.2, 0) is 12.8 Å². The quantitative estimate of drug-likeness (QED) is 0.339. The van der Waals surface area contributed by atoms with E-state index in [1.165, 1.54) is 184 Å². The largest absolute Gasteiger partial charge is 0.487 e. The maximum Gasteiger partial charge on any atom is 0.125 e. The van der Waals surface area contributed by atoms with Crippen molar-refractivity contribution in [2.24, 2.45) is 0 Å². The van der Waals surface area contributed by atoms with Crippen LogP contribution in [-0.4, -0.2) is 85.4 Å². The third-order valence-corrected chi connectivity index (χ3v) is 14.0. The van der Waals surface area contributed by atoms with Crippen molar-refractivity contribution in [2.45, 2.75) is 159 Å². The smallest absolute Gasteiger partial charge is 0.125 e. The molecule has 4 saturated heterocycles. The summed E-state index contributed by atoms with van der Waals surface area (Å²) in [7, 11) is 0. The summed E-state index contributed by atoms with van der Waals surface area (Å²) in [6.45, 7) is 9.89. The number of piperidine rings is 2. The molecule has 2 saturated carbocycles. The third-order valence-electron chi connectivity index (χ3n) is 13.7. The Morgan fingerprint density at radius 1 is 0.558 bits per heavy atom. The van der Waals surface area contributed by atoms with Gasteiger partial charge in [-0.25, -0.2) is 0 Å². The molecule has 288 valence electrons. The number of ether oxygens (including phenoxy) is 2. The average Bonchev–Trinajstić information content (AvgIpc) is 3.50. The summed E-state index contributed by atoms with van der Waals surface area (Å²) in [6.07, 6.45) is 26.3. The number of nitrogens with zero attached hydrogens (tertiary/aromatic N) is 3. The van der Waals surface area contributed by atoms with Gasteiger partial charge in [0.25, 0.3) is 0 Å². The van der Waals surface area contributed by atoms with Gasteiger partial charge in [0, 0.05) is 80.7 Å². The summed E-state index contributed by atoms with van der Waals surface area (Å²) in [6, 6.07) is 14.9. The highest BCUT2D eigenvalue weighted by Gasteiger charge is 2.43. The monoisotopic (exact) mass is 733 g/mol. The number of likely N-dealkylation sites (tertiary alicyclic amines) is 2. The van der Waals surface area contributed by atoms with Crippen LogP contribution in [0.1, 0.15) is 134 Å². The second-order valence-corrected chi connectivity index (χ2v) is 17.7. The van der Waals surface area contributed by atoms with E-state index in [4.69, 9.17) is 21.1 Å². The van der Waals surface area contributed by atoms with Crippen LogP contribution in [0.25, 0.3) is 0 Å². The van der Waals surface area contributed by atoms with E-state index in [0.29, 0.717) is 0 Å². The van der Waals surface area contributed by atoms with E-state index >= 15 is 0 Å². The molecule has 2 aromatic rings. The number of nitrogens with one attached hydrogen (secondary N) is 1. The van der Waals surface area contributed by atoms with Crippen LogP contribution >= 0.6 is 11.6 Å². The van der Waals surface area contributed by atoms with Crippen molar-refractivity contribution in [3.8, 4) is 11.5 Å². The molecular formula is C45H69ClN4O2. The molecule has 2 atom stereocenters. The van der Waals surface area contributed by atoms with Crippen molar-refractivity contribution in [3.63, 3.8) is 0 Å². The van der Waals surface area contributed by atoms with Crippen molar-refractivity contribution in [2.75, 3.05) is 57.3 Å². The van der Waals surface area contributed by atoms with Gasteiger partial charge < -0.3 is 29.5 Å². The summed E-state index contributed by atoms with van der Waals surface area (Å²) in [5.41, 5.74) is 4.29. The topological polar surface area (TPSA) is 40.2 Å². The highest BCUT2D eigenvalue weighted by Crippen LogP contribution is 2.45. The lowest BCUT2D eigenvalue weighted by molar-refractivity contribution is 0.0692. The molecule has 7 heteroatoms. The van der Waals surface area contributed by atoms with Gasteiger partial charge in [-0.3, -0.25) is 0 Å². The van der Waals surface area contributed by atoms with Crippen molar-refractivity contribution < 1.29 is 9.47 Å². The maximum atomic E-state index is 6.67. The number of hydrogen-bond donors (Lipinski definition) is 1. The molecule has 6 heterocycles. The van der Waals surface area contributed by atoms with Crippen LogP contribution < -0.4 is 19.7 Å². The van der Waals surface area contributed by atoms with E-state index in [0.717, 1.165) is 42.1 Å². The standard InChI is InChI=1S/C22H32N2O.C17H22ClNO.C5H11N.CH4/c1-2-12-23(13-3-1)20-9-8-18-17-22(25-21(18)16-20)10-5-14-24(15-11-22)19-6-4-7-19;18-14-6-5-13-12-17(20-16(13)11-14)7-2-9-19(10-8-17)15-3-1-4-15;1-2-4-6-5-3-1;/h8-9,16,19H,1-7,10-15,17H2;5-6,11,15H,1-4,7-10,12H2;6H,1-5H2;1H4. The van der Waals surface area contributed by atoms with Crippen LogP contribution in [0, 0.1) is 0 Å². The molecule has 0 aromatic heterocycles. The van der Waals surface area contributed by atoms with Gasteiger partial charge in [0.2, 0.25) is 0 Å². The molecular weight excluding hydrogens is 664 g/mol. The highest BCUT2D eigenvalue weighted by atomic mass is 35.5. The number of benzene rings is 2. The summed E-state index contributed by atoms with van der Waals surface area (Å²) in [5.74, 6) is 2.20. The van der Waals surface area contributed by atoms with Crippen molar-refractivity contribution >= 4 is 17.3 Å². The van der Waals surface area contributed by atoms with Crippen molar-refractivity contribution in [1.29, 1.82) is 0 Å². The lowest BCUT2D eigenvalue weighted by atomic mass is 9.89. The first-order valence-electron chi connectivity index (χ1n) is 21.3.